The van der Waals surface area contributed by atoms with Crippen LogP contribution in [0.5, 0.6) is 0 Å². The van der Waals surface area contributed by atoms with Gasteiger partial charge in [-0.1, -0.05) is 64.5 Å². The monoisotopic (exact) mass is 566 g/mol. The van der Waals surface area contributed by atoms with Gasteiger partial charge in [-0.3, -0.25) is 14.4 Å². The van der Waals surface area contributed by atoms with Crippen LogP contribution >= 0.6 is 15.9 Å². The molecule has 0 spiro atoms. The predicted octanol–water partition coefficient (Wildman–Crippen LogP) is 5.74. The number of amides is 2. The second-order valence-corrected chi connectivity index (χ2v) is 10.2. The largest absolute Gasteiger partial charge is 0.416 e. The maximum Gasteiger partial charge on any atom is 0.416 e. The summed E-state index contributed by atoms with van der Waals surface area (Å²) in [5.74, 6) is -3.60. The zero-order chi connectivity index (χ0) is 26.1. The van der Waals surface area contributed by atoms with Crippen molar-refractivity contribution in [2.45, 2.75) is 18.3 Å². The van der Waals surface area contributed by atoms with Crippen LogP contribution in [0.25, 0.3) is 6.08 Å². The molecule has 2 amide bonds. The van der Waals surface area contributed by atoms with Crippen LogP contribution in [-0.2, 0) is 15.8 Å². The predicted molar refractivity (Wildman–Crippen MR) is 135 cm³/mol. The Kier molecular flexibility index (Phi) is 5.38. The van der Waals surface area contributed by atoms with Gasteiger partial charge >= 0.3 is 6.18 Å². The lowest BCUT2D eigenvalue weighted by Gasteiger charge is -2.36. The molecular weight excluding hydrogens is 549 g/mol. The van der Waals surface area contributed by atoms with Gasteiger partial charge in [0.05, 0.1) is 29.1 Å². The molecule has 0 saturated carbocycles. The average molecular weight is 567 g/mol. The molecule has 0 N–H and O–H groups in total. The third-order valence-corrected chi connectivity index (χ3v) is 7.77. The fourth-order valence-corrected chi connectivity index (χ4v) is 5.94. The Bertz CT molecular complexity index is 1480. The van der Waals surface area contributed by atoms with Crippen molar-refractivity contribution in [3.05, 3.63) is 100 Å². The maximum atomic E-state index is 13.9. The van der Waals surface area contributed by atoms with Crippen molar-refractivity contribution >= 4 is 51.0 Å². The quantitative estimate of drug-likeness (QED) is 0.299. The van der Waals surface area contributed by atoms with E-state index in [4.69, 9.17) is 0 Å². The fraction of sp³-hybridized carbons (Fsp3) is 0.179. The van der Waals surface area contributed by atoms with Crippen molar-refractivity contribution in [2.75, 3.05) is 9.80 Å². The molecule has 4 unspecified atom stereocenters. The van der Waals surface area contributed by atoms with Gasteiger partial charge in [0.25, 0.3) is 0 Å². The molecule has 9 heteroatoms. The number of alkyl halides is 3. The minimum Gasteiger partial charge on any atom is -0.352 e. The first-order valence-corrected chi connectivity index (χ1v) is 12.4. The zero-order valence-electron chi connectivity index (χ0n) is 19.0. The van der Waals surface area contributed by atoms with Gasteiger partial charge in [-0.05, 0) is 42.0 Å². The molecule has 0 aromatic heterocycles. The van der Waals surface area contributed by atoms with Gasteiger partial charge in [-0.25, -0.2) is 4.90 Å². The smallest absolute Gasteiger partial charge is 0.352 e. The summed E-state index contributed by atoms with van der Waals surface area (Å²) in [7, 11) is 0. The Morgan fingerprint density at radius 1 is 0.865 bits per heavy atom. The maximum absolute atomic E-state index is 13.9. The Balaban J connectivity index is 1.48. The van der Waals surface area contributed by atoms with Gasteiger partial charge in [-0.15, -0.1) is 0 Å². The van der Waals surface area contributed by atoms with E-state index in [-0.39, 0.29) is 11.5 Å². The molecule has 5 nitrogen and oxygen atoms in total. The van der Waals surface area contributed by atoms with E-state index in [0.717, 1.165) is 32.8 Å². The minimum atomic E-state index is -4.63. The number of hydrogen-bond acceptors (Lipinski definition) is 4. The number of Topliss-reactive ketones (excluding diaryl/α,β-unsaturated/α-hetero) is 1. The molecule has 6 rings (SSSR count). The van der Waals surface area contributed by atoms with Crippen LogP contribution in [0.3, 0.4) is 0 Å². The highest BCUT2D eigenvalue weighted by Crippen LogP contribution is 2.50. The highest BCUT2D eigenvalue weighted by atomic mass is 79.9. The minimum absolute atomic E-state index is 0.152. The Morgan fingerprint density at radius 3 is 2.30 bits per heavy atom. The standard InChI is InChI=1S/C28H18BrF3N2O3/c29-18-11-8-16(9-12-18)25(35)24-23-22(21-13-10-15-4-1-2-7-20(15)34(21)24)26(36)33(27(23)37)19-6-3-5-17(14-19)28(30,31)32/h1-14,21-24H. The summed E-state index contributed by atoms with van der Waals surface area (Å²) in [6.07, 6.45) is -0.981. The summed E-state index contributed by atoms with van der Waals surface area (Å²) < 4.78 is 40.9. The van der Waals surface area contributed by atoms with E-state index in [0.29, 0.717) is 5.56 Å². The van der Waals surface area contributed by atoms with Crippen LogP contribution in [0, 0.1) is 11.8 Å². The van der Waals surface area contributed by atoms with E-state index in [2.05, 4.69) is 15.9 Å². The van der Waals surface area contributed by atoms with Crippen molar-refractivity contribution in [1.82, 2.24) is 0 Å². The molecular formula is C28H18BrF3N2O3. The van der Waals surface area contributed by atoms with Crippen LogP contribution in [0.1, 0.15) is 21.5 Å². The van der Waals surface area contributed by atoms with Crippen LogP contribution in [0.15, 0.2) is 83.3 Å². The number of fused-ring (bicyclic) bond motifs is 5. The summed E-state index contributed by atoms with van der Waals surface area (Å²) in [6, 6.07) is 16.7. The van der Waals surface area contributed by atoms with Gasteiger partial charge in [-0.2, -0.15) is 13.2 Å². The summed E-state index contributed by atoms with van der Waals surface area (Å²) in [5.41, 5.74) is 0.838. The fourth-order valence-electron chi connectivity index (χ4n) is 5.67. The summed E-state index contributed by atoms with van der Waals surface area (Å²) in [6.45, 7) is 0. The van der Waals surface area contributed by atoms with Gasteiger partial charge in [0.2, 0.25) is 11.8 Å². The van der Waals surface area contributed by atoms with E-state index in [1.807, 2.05) is 35.2 Å². The third-order valence-electron chi connectivity index (χ3n) is 7.24. The molecule has 0 aliphatic carbocycles. The molecule has 0 bridgehead atoms. The highest BCUT2D eigenvalue weighted by molar-refractivity contribution is 9.10. The molecule has 3 aromatic carbocycles. The molecule has 3 aromatic rings. The number of nitrogens with zero attached hydrogens (tertiary/aromatic N) is 2. The van der Waals surface area contributed by atoms with E-state index in [1.165, 1.54) is 12.1 Å². The molecule has 4 atom stereocenters. The number of para-hydroxylation sites is 1. The second-order valence-electron chi connectivity index (χ2n) is 9.24. The zero-order valence-corrected chi connectivity index (χ0v) is 20.6. The van der Waals surface area contributed by atoms with Crippen LogP contribution in [0.4, 0.5) is 24.5 Å². The number of rotatable bonds is 3. The lowest BCUT2D eigenvalue weighted by Crippen LogP contribution is -2.48. The normalized spacial score (nSPS) is 24.2. The number of carbonyl (C=O) groups excluding carboxylic acids is 3. The van der Waals surface area contributed by atoms with Crippen molar-refractivity contribution < 1.29 is 27.6 Å². The van der Waals surface area contributed by atoms with E-state index in [9.17, 15) is 27.6 Å². The first-order valence-electron chi connectivity index (χ1n) is 11.6. The molecule has 3 heterocycles. The Labute approximate surface area is 218 Å². The number of halogens is 4. The van der Waals surface area contributed by atoms with Crippen LogP contribution < -0.4 is 9.80 Å². The first kappa shape index (κ1) is 23.7. The average Bonchev–Trinajstić information content (AvgIpc) is 3.36. The second kappa shape index (κ2) is 8.41. The van der Waals surface area contributed by atoms with Gasteiger partial charge < -0.3 is 4.90 Å². The number of carbonyl (C=O) groups is 3. The van der Waals surface area contributed by atoms with Crippen molar-refractivity contribution in [2.24, 2.45) is 11.8 Å². The molecule has 2 saturated heterocycles. The lowest BCUT2D eigenvalue weighted by atomic mass is 9.86. The van der Waals surface area contributed by atoms with Crippen LogP contribution in [-0.4, -0.2) is 29.7 Å². The molecule has 0 radical (unpaired) electrons. The SMILES string of the molecule is O=C(c1ccc(Br)cc1)C1C2C(=O)N(c3cccc(C(F)(F)F)c3)C(=O)C2C2C=Cc3ccccc3N21. The third kappa shape index (κ3) is 3.63. The van der Waals surface area contributed by atoms with Gasteiger partial charge in [0.15, 0.2) is 5.78 Å². The molecule has 3 aliphatic heterocycles. The summed E-state index contributed by atoms with van der Waals surface area (Å²) in [4.78, 5) is 44.1. The topological polar surface area (TPSA) is 57.7 Å². The summed E-state index contributed by atoms with van der Waals surface area (Å²) in [5, 5.41) is 0. The van der Waals surface area contributed by atoms with E-state index < -0.39 is 47.5 Å². The summed E-state index contributed by atoms with van der Waals surface area (Å²) >= 11 is 3.35. The van der Waals surface area contributed by atoms with Crippen molar-refractivity contribution in [1.29, 1.82) is 0 Å². The number of hydrogen-bond donors (Lipinski definition) is 0. The van der Waals surface area contributed by atoms with Crippen molar-refractivity contribution in [3.8, 4) is 0 Å². The van der Waals surface area contributed by atoms with Crippen LogP contribution in [0.2, 0.25) is 0 Å². The molecule has 186 valence electrons. The number of imide groups is 1. The lowest BCUT2D eigenvalue weighted by molar-refractivity contribution is -0.137. The highest BCUT2D eigenvalue weighted by Gasteiger charge is 2.64. The van der Waals surface area contributed by atoms with Gasteiger partial charge in [0.1, 0.15) is 6.04 Å². The van der Waals surface area contributed by atoms with E-state index in [1.54, 1.807) is 30.3 Å². The van der Waals surface area contributed by atoms with Crippen molar-refractivity contribution in [3.63, 3.8) is 0 Å². The molecule has 2 fully saturated rings. The molecule has 37 heavy (non-hydrogen) atoms. The van der Waals surface area contributed by atoms with Gasteiger partial charge in [0, 0.05) is 15.7 Å². The molecule has 3 aliphatic rings. The number of ketones is 1. The number of anilines is 2. The Morgan fingerprint density at radius 2 is 1.57 bits per heavy atom. The van der Waals surface area contributed by atoms with E-state index >= 15 is 0 Å². The Hall–Kier alpha value is -3.72. The first-order chi connectivity index (χ1) is 17.7. The number of benzene rings is 3.